The van der Waals surface area contributed by atoms with Gasteiger partial charge in [-0.2, -0.15) is 0 Å². The minimum atomic E-state index is -0.212. The van der Waals surface area contributed by atoms with Crippen molar-refractivity contribution < 1.29 is 4.39 Å². The quantitative estimate of drug-likeness (QED) is 0.747. The van der Waals surface area contributed by atoms with E-state index in [1.54, 1.807) is 12.1 Å². The number of benzene rings is 2. The fourth-order valence-electron chi connectivity index (χ4n) is 1.67. The van der Waals surface area contributed by atoms with Crippen LogP contribution in [-0.4, -0.2) is 0 Å². The first-order valence-electron chi connectivity index (χ1n) is 5.53. The highest BCUT2D eigenvalue weighted by molar-refractivity contribution is 9.11. The predicted molar refractivity (Wildman–Crippen MR) is 80.3 cm³/mol. The maximum atomic E-state index is 12.9. The summed E-state index contributed by atoms with van der Waals surface area (Å²) in [4.78, 5) is 0. The zero-order valence-corrected chi connectivity index (χ0v) is 12.9. The molecule has 0 heterocycles. The van der Waals surface area contributed by atoms with Gasteiger partial charge in [-0.15, -0.1) is 0 Å². The van der Waals surface area contributed by atoms with Crippen molar-refractivity contribution in [1.82, 2.24) is 0 Å². The zero-order chi connectivity index (χ0) is 13.1. The van der Waals surface area contributed by atoms with Gasteiger partial charge in [0.25, 0.3) is 0 Å². The molecule has 0 aliphatic rings. The second kappa shape index (κ2) is 5.85. The molecule has 2 aromatic carbocycles. The van der Waals surface area contributed by atoms with Crippen LogP contribution in [0.2, 0.25) is 0 Å². The first-order chi connectivity index (χ1) is 8.56. The number of hydrogen-bond donors (Lipinski definition) is 1. The number of halogens is 3. The van der Waals surface area contributed by atoms with E-state index in [1.165, 1.54) is 12.1 Å². The van der Waals surface area contributed by atoms with Crippen LogP contribution in [0, 0.1) is 5.82 Å². The largest absolute Gasteiger partial charge is 0.378 e. The Labute approximate surface area is 123 Å². The summed E-state index contributed by atoms with van der Waals surface area (Å²) in [6, 6.07) is 12.6. The van der Waals surface area contributed by atoms with E-state index in [0.717, 1.165) is 20.2 Å². The predicted octanol–water partition coefficient (Wildman–Crippen LogP) is 5.52. The van der Waals surface area contributed by atoms with Crippen LogP contribution in [-0.2, 0) is 0 Å². The Morgan fingerprint density at radius 1 is 1.06 bits per heavy atom. The number of anilines is 1. The molecule has 2 aromatic rings. The highest BCUT2D eigenvalue weighted by Crippen LogP contribution is 2.29. The van der Waals surface area contributed by atoms with Gasteiger partial charge in [0.15, 0.2) is 0 Å². The second-order valence-electron chi connectivity index (χ2n) is 4.04. The van der Waals surface area contributed by atoms with Crippen LogP contribution in [0.15, 0.2) is 51.4 Å². The van der Waals surface area contributed by atoms with E-state index in [-0.39, 0.29) is 11.9 Å². The lowest BCUT2D eigenvalue weighted by molar-refractivity contribution is 0.626. The van der Waals surface area contributed by atoms with Crippen molar-refractivity contribution in [3.63, 3.8) is 0 Å². The molecule has 0 saturated heterocycles. The normalized spacial score (nSPS) is 12.2. The molecule has 0 bridgehead atoms. The van der Waals surface area contributed by atoms with Crippen LogP contribution < -0.4 is 5.32 Å². The molecule has 0 aliphatic heterocycles. The lowest BCUT2D eigenvalue weighted by Crippen LogP contribution is -2.06. The minimum Gasteiger partial charge on any atom is -0.378 e. The van der Waals surface area contributed by atoms with Crippen LogP contribution in [0.4, 0.5) is 10.1 Å². The van der Waals surface area contributed by atoms with E-state index in [0.29, 0.717) is 0 Å². The molecule has 0 spiro atoms. The van der Waals surface area contributed by atoms with Crippen LogP contribution in [0.5, 0.6) is 0 Å². The monoisotopic (exact) mass is 371 g/mol. The maximum Gasteiger partial charge on any atom is 0.123 e. The third kappa shape index (κ3) is 3.33. The first kappa shape index (κ1) is 13.6. The van der Waals surface area contributed by atoms with E-state index in [9.17, 15) is 4.39 Å². The molecule has 0 amide bonds. The second-order valence-corrected chi connectivity index (χ2v) is 5.81. The zero-order valence-electron chi connectivity index (χ0n) is 9.75. The van der Waals surface area contributed by atoms with Crippen LogP contribution in [0.3, 0.4) is 0 Å². The van der Waals surface area contributed by atoms with Crippen LogP contribution in [0.1, 0.15) is 18.5 Å². The molecule has 94 valence electrons. The molecule has 2 rings (SSSR count). The van der Waals surface area contributed by atoms with Gasteiger partial charge in [-0.25, -0.2) is 4.39 Å². The molecule has 4 heteroatoms. The summed E-state index contributed by atoms with van der Waals surface area (Å²) in [5.41, 5.74) is 2.06. The van der Waals surface area contributed by atoms with Gasteiger partial charge in [0, 0.05) is 20.7 Å². The Morgan fingerprint density at radius 3 is 2.33 bits per heavy atom. The first-order valence-corrected chi connectivity index (χ1v) is 7.12. The average Bonchev–Trinajstić information content (AvgIpc) is 2.33. The lowest BCUT2D eigenvalue weighted by atomic mass is 10.1. The van der Waals surface area contributed by atoms with Crippen molar-refractivity contribution >= 4 is 37.5 Å². The third-order valence-corrected chi connectivity index (χ3v) is 3.82. The van der Waals surface area contributed by atoms with E-state index in [2.05, 4.69) is 37.2 Å². The van der Waals surface area contributed by atoms with Crippen molar-refractivity contribution in [2.24, 2.45) is 0 Å². The standard InChI is InChI=1S/C14H12Br2FN/c1-9(10-2-5-12(17)6-3-10)18-14-7-4-11(15)8-13(14)16/h2-9,18H,1H3. The van der Waals surface area contributed by atoms with Gasteiger partial charge >= 0.3 is 0 Å². The minimum absolute atomic E-state index is 0.114. The maximum absolute atomic E-state index is 12.9. The summed E-state index contributed by atoms with van der Waals surface area (Å²) in [5, 5.41) is 3.38. The Hall–Kier alpha value is -0.870. The molecule has 1 atom stereocenters. The van der Waals surface area contributed by atoms with Crippen molar-refractivity contribution in [2.75, 3.05) is 5.32 Å². The van der Waals surface area contributed by atoms with E-state index >= 15 is 0 Å². The molecule has 0 aliphatic carbocycles. The summed E-state index contributed by atoms with van der Waals surface area (Å²) in [6.07, 6.45) is 0. The molecule has 1 N–H and O–H groups in total. The number of hydrogen-bond acceptors (Lipinski definition) is 1. The van der Waals surface area contributed by atoms with Gasteiger partial charge in [0.2, 0.25) is 0 Å². The third-order valence-electron chi connectivity index (χ3n) is 2.67. The lowest BCUT2D eigenvalue weighted by Gasteiger charge is -2.17. The smallest absolute Gasteiger partial charge is 0.123 e. The van der Waals surface area contributed by atoms with E-state index in [4.69, 9.17) is 0 Å². The highest BCUT2D eigenvalue weighted by atomic mass is 79.9. The van der Waals surface area contributed by atoms with Gasteiger partial charge in [-0.1, -0.05) is 28.1 Å². The molecule has 1 unspecified atom stereocenters. The van der Waals surface area contributed by atoms with Crippen LogP contribution in [0.25, 0.3) is 0 Å². The van der Waals surface area contributed by atoms with E-state index < -0.39 is 0 Å². The molecule has 0 aromatic heterocycles. The van der Waals surface area contributed by atoms with Gasteiger partial charge in [0.1, 0.15) is 5.82 Å². The van der Waals surface area contributed by atoms with Gasteiger partial charge in [-0.3, -0.25) is 0 Å². The van der Waals surface area contributed by atoms with Crippen molar-refractivity contribution in [1.29, 1.82) is 0 Å². The van der Waals surface area contributed by atoms with E-state index in [1.807, 2.05) is 25.1 Å². The fourth-order valence-corrected chi connectivity index (χ4v) is 2.84. The number of rotatable bonds is 3. The van der Waals surface area contributed by atoms with Gasteiger partial charge in [0.05, 0.1) is 0 Å². The Balaban J connectivity index is 2.15. The van der Waals surface area contributed by atoms with Gasteiger partial charge in [-0.05, 0) is 58.7 Å². The SMILES string of the molecule is CC(Nc1ccc(Br)cc1Br)c1ccc(F)cc1. The molecule has 0 saturated carbocycles. The van der Waals surface area contributed by atoms with Crippen molar-refractivity contribution in [3.8, 4) is 0 Å². The molecular weight excluding hydrogens is 361 g/mol. The Bertz CT molecular complexity index is 540. The summed E-state index contributed by atoms with van der Waals surface area (Å²) in [7, 11) is 0. The highest BCUT2D eigenvalue weighted by Gasteiger charge is 2.07. The summed E-state index contributed by atoms with van der Waals surface area (Å²) in [6.45, 7) is 2.04. The number of nitrogens with one attached hydrogen (secondary N) is 1. The van der Waals surface area contributed by atoms with Gasteiger partial charge < -0.3 is 5.32 Å². The average molecular weight is 373 g/mol. The Kier molecular flexibility index (Phi) is 4.40. The molecule has 18 heavy (non-hydrogen) atoms. The van der Waals surface area contributed by atoms with Crippen LogP contribution >= 0.6 is 31.9 Å². The topological polar surface area (TPSA) is 12.0 Å². The molecule has 0 fully saturated rings. The molecule has 0 radical (unpaired) electrons. The summed E-state index contributed by atoms with van der Waals surface area (Å²) in [5.74, 6) is -0.212. The fraction of sp³-hybridized carbons (Fsp3) is 0.143. The van der Waals surface area contributed by atoms with Crippen molar-refractivity contribution in [3.05, 3.63) is 62.8 Å². The molecular formula is C14H12Br2FN. The molecule has 1 nitrogen and oxygen atoms in total. The Morgan fingerprint density at radius 2 is 1.72 bits per heavy atom. The van der Waals surface area contributed by atoms with Crippen molar-refractivity contribution in [2.45, 2.75) is 13.0 Å². The summed E-state index contributed by atoms with van der Waals surface area (Å²) < 4.78 is 14.9. The summed E-state index contributed by atoms with van der Waals surface area (Å²) >= 11 is 6.92.